The van der Waals surface area contributed by atoms with Crippen molar-refractivity contribution in [1.82, 2.24) is 0 Å². The van der Waals surface area contributed by atoms with Gasteiger partial charge < -0.3 is 10.6 Å². The molecule has 0 atom stereocenters. The number of nitrogens with one attached hydrogen (secondary N) is 2. The van der Waals surface area contributed by atoms with Gasteiger partial charge in [-0.25, -0.2) is 0 Å². The summed E-state index contributed by atoms with van der Waals surface area (Å²) in [5.41, 5.74) is 3.44. The lowest BCUT2D eigenvalue weighted by Gasteiger charge is -2.08. The Kier molecular flexibility index (Phi) is 4.94. The summed E-state index contributed by atoms with van der Waals surface area (Å²) in [5.74, 6) is -0.126. The van der Waals surface area contributed by atoms with Crippen LogP contribution in [0.25, 0.3) is 0 Å². The van der Waals surface area contributed by atoms with Crippen LogP contribution in [0.15, 0.2) is 48.5 Å². The summed E-state index contributed by atoms with van der Waals surface area (Å²) in [7, 11) is 0. The Balaban J connectivity index is 1.85. The first-order valence-corrected chi connectivity index (χ1v) is 6.84. The Bertz CT molecular complexity index is 639. The highest BCUT2D eigenvalue weighted by atomic mass is 16.1. The SMILES string of the molecule is CCc1ccc(NCC(=O)Nc2ccc(C#N)cc2)cc1. The minimum absolute atomic E-state index is 0.126. The number of nitriles is 1. The largest absolute Gasteiger partial charge is 0.376 e. The van der Waals surface area contributed by atoms with Gasteiger partial charge in [-0.15, -0.1) is 0 Å². The zero-order valence-corrected chi connectivity index (χ0v) is 11.9. The zero-order chi connectivity index (χ0) is 15.1. The molecular weight excluding hydrogens is 262 g/mol. The van der Waals surface area contributed by atoms with E-state index in [0.29, 0.717) is 11.3 Å². The minimum Gasteiger partial charge on any atom is -0.376 e. The fourth-order valence-corrected chi connectivity index (χ4v) is 1.87. The van der Waals surface area contributed by atoms with Gasteiger partial charge in [0.2, 0.25) is 5.91 Å². The first kappa shape index (κ1) is 14.6. The molecule has 0 aromatic heterocycles. The van der Waals surface area contributed by atoms with Crippen LogP contribution in [-0.4, -0.2) is 12.5 Å². The van der Waals surface area contributed by atoms with Crippen molar-refractivity contribution in [2.75, 3.05) is 17.2 Å². The Morgan fingerprint density at radius 1 is 1.05 bits per heavy atom. The monoisotopic (exact) mass is 279 g/mol. The van der Waals surface area contributed by atoms with Crippen molar-refractivity contribution in [3.63, 3.8) is 0 Å². The van der Waals surface area contributed by atoms with E-state index in [1.165, 1.54) is 5.56 Å². The first-order valence-electron chi connectivity index (χ1n) is 6.84. The van der Waals surface area contributed by atoms with Gasteiger partial charge in [-0.3, -0.25) is 4.79 Å². The van der Waals surface area contributed by atoms with E-state index in [0.717, 1.165) is 12.1 Å². The van der Waals surface area contributed by atoms with Crippen LogP contribution in [0.1, 0.15) is 18.1 Å². The topological polar surface area (TPSA) is 64.9 Å². The summed E-state index contributed by atoms with van der Waals surface area (Å²) in [6.45, 7) is 2.30. The number of rotatable bonds is 5. The molecule has 0 bridgehead atoms. The highest BCUT2D eigenvalue weighted by molar-refractivity contribution is 5.93. The molecule has 4 nitrogen and oxygen atoms in total. The second kappa shape index (κ2) is 7.11. The molecule has 0 aliphatic rings. The van der Waals surface area contributed by atoms with Gasteiger partial charge >= 0.3 is 0 Å². The Hall–Kier alpha value is -2.80. The van der Waals surface area contributed by atoms with E-state index in [2.05, 4.69) is 17.6 Å². The van der Waals surface area contributed by atoms with Crippen molar-refractivity contribution in [2.24, 2.45) is 0 Å². The molecule has 0 heterocycles. The van der Waals surface area contributed by atoms with E-state index in [1.807, 2.05) is 30.3 Å². The molecule has 2 N–H and O–H groups in total. The number of carbonyl (C=O) groups excluding carboxylic acids is 1. The standard InChI is InChI=1S/C17H17N3O/c1-2-13-3-7-15(8-4-13)19-12-17(21)20-16-9-5-14(11-18)6-10-16/h3-10,19H,2,12H2,1H3,(H,20,21). The molecule has 2 aromatic carbocycles. The first-order chi connectivity index (χ1) is 10.2. The molecule has 4 heteroatoms. The maximum absolute atomic E-state index is 11.8. The average molecular weight is 279 g/mol. The third-order valence-electron chi connectivity index (χ3n) is 3.11. The van der Waals surface area contributed by atoms with Crippen molar-refractivity contribution < 1.29 is 4.79 Å². The highest BCUT2D eigenvalue weighted by Crippen LogP contribution is 2.11. The number of carbonyl (C=O) groups is 1. The quantitative estimate of drug-likeness (QED) is 0.883. The van der Waals surface area contributed by atoms with Crippen LogP contribution in [0.5, 0.6) is 0 Å². The van der Waals surface area contributed by atoms with E-state index in [9.17, 15) is 4.79 Å². The molecule has 0 aliphatic heterocycles. The molecule has 2 rings (SSSR count). The number of anilines is 2. The third-order valence-corrected chi connectivity index (χ3v) is 3.11. The fourth-order valence-electron chi connectivity index (χ4n) is 1.87. The van der Waals surface area contributed by atoms with Gasteiger partial charge in [-0.05, 0) is 48.4 Å². The Morgan fingerprint density at radius 3 is 2.24 bits per heavy atom. The molecule has 106 valence electrons. The van der Waals surface area contributed by atoms with Crippen molar-refractivity contribution in [3.05, 3.63) is 59.7 Å². The lowest BCUT2D eigenvalue weighted by molar-refractivity contribution is -0.114. The number of nitrogens with zero attached hydrogens (tertiary/aromatic N) is 1. The van der Waals surface area contributed by atoms with Crippen LogP contribution in [0.3, 0.4) is 0 Å². The second-order valence-electron chi connectivity index (χ2n) is 4.64. The van der Waals surface area contributed by atoms with Gasteiger partial charge in [0.25, 0.3) is 0 Å². The maximum atomic E-state index is 11.8. The van der Waals surface area contributed by atoms with Crippen molar-refractivity contribution in [2.45, 2.75) is 13.3 Å². The van der Waals surface area contributed by atoms with E-state index in [4.69, 9.17) is 5.26 Å². The summed E-state index contributed by atoms with van der Waals surface area (Å²) in [5, 5.41) is 14.6. The highest BCUT2D eigenvalue weighted by Gasteiger charge is 2.02. The third kappa shape index (κ3) is 4.36. The summed E-state index contributed by atoms with van der Waals surface area (Å²) >= 11 is 0. The Labute approximate surface area is 124 Å². The zero-order valence-electron chi connectivity index (χ0n) is 11.9. The van der Waals surface area contributed by atoms with Gasteiger partial charge in [-0.2, -0.15) is 5.26 Å². The van der Waals surface area contributed by atoms with Gasteiger partial charge in [0.05, 0.1) is 18.2 Å². The minimum atomic E-state index is -0.126. The molecule has 0 fully saturated rings. The molecule has 0 saturated heterocycles. The normalized spacial score (nSPS) is 9.71. The number of hydrogen-bond donors (Lipinski definition) is 2. The van der Waals surface area contributed by atoms with Crippen molar-refractivity contribution in [1.29, 1.82) is 5.26 Å². The van der Waals surface area contributed by atoms with Gasteiger partial charge in [0.1, 0.15) is 0 Å². The number of aryl methyl sites for hydroxylation is 1. The predicted molar refractivity (Wildman–Crippen MR) is 84.1 cm³/mol. The molecule has 0 aliphatic carbocycles. The summed E-state index contributed by atoms with van der Waals surface area (Å²) in [6.07, 6.45) is 0.999. The molecule has 2 aromatic rings. The predicted octanol–water partition coefficient (Wildman–Crippen LogP) is 3.17. The van der Waals surface area contributed by atoms with E-state index in [-0.39, 0.29) is 12.5 Å². The summed E-state index contributed by atoms with van der Waals surface area (Å²) < 4.78 is 0. The molecule has 0 saturated carbocycles. The second-order valence-corrected chi connectivity index (χ2v) is 4.64. The van der Waals surface area contributed by atoms with Gasteiger partial charge in [-0.1, -0.05) is 19.1 Å². The fraction of sp³-hybridized carbons (Fsp3) is 0.176. The van der Waals surface area contributed by atoms with Crippen LogP contribution in [0.4, 0.5) is 11.4 Å². The van der Waals surface area contributed by atoms with Gasteiger partial charge in [0, 0.05) is 11.4 Å². The molecular formula is C17H17N3O. The summed E-state index contributed by atoms with van der Waals surface area (Å²) in [4.78, 5) is 11.8. The summed E-state index contributed by atoms with van der Waals surface area (Å²) in [6, 6.07) is 16.8. The van der Waals surface area contributed by atoms with Crippen LogP contribution in [0.2, 0.25) is 0 Å². The van der Waals surface area contributed by atoms with Crippen LogP contribution in [-0.2, 0) is 11.2 Å². The van der Waals surface area contributed by atoms with E-state index >= 15 is 0 Å². The number of benzene rings is 2. The smallest absolute Gasteiger partial charge is 0.243 e. The maximum Gasteiger partial charge on any atom is 0.243 e. The van der Waals surface area contributed by atoms with Crippen molar-refractivity contribution >= 4 is 17.3 Å². The molecule has 0 radical (unpaired) electrons. The van der Waals surface area contributed by atoms with Crippen LogP contribution >= 0.6 is 0 Å². The van der Waals surface area contributed by atoms with E-state index < -0.39 is 0 Å². The average Bonchev–Trinajstić information content (AvgIpc) is 2.54. The van der Waals surface area contributed by atoms with Crippen molar-refractivity contribution in [3.8, 4) is 6.07 Å². The Morgan fingerprint density at radius 2 is 1.67 bits per heavy atom. The molecule has 1 amide bonds. The number of hydrogen-bond acceptors (Lipinski definition) is 3. The lowest BCUT2D eigenvalue weighted by atomic mass is 10.1. The van der Waals surface area contributed by atoms with Crippen LogP contribution in [0, 0.1) is 11.3 Å². The molecule has 21 heavy (non-hydrogen) atoms. The lowest BCUT2D eigenvalue weighted by Crippen LogP contribution is -2.21. The van der Waals surface area contributed by atoms with E-state index in [1.54, 1.807) is 24.3 Å². The molecule has 0 unspecified atom stereocenters. The molecule has 0 spiro atoms. The van der Waals surface area contributed by atoms with Gasteiger partial charge in [0.15, 0.2) is 0 Å². The number of amides is 1. The van der Waals surface area contributed by atoms with Crippen LogP contribution < -0.4 is 10.6 Å².